The molecule has 0 aliphatic carbocycles. The van der Waals surface area contributed by atoms with Crippen LogP contribution in [0.3, 0.4) is 0 Å². The van der Waals surface area contributed by atoms with Gasteiger partial charge in [-0.25, -0.2) is 22.0 Å². The van der Waals surface area contributed by atoms with Crippen LogP contribution in [0.1, 0.15) is 0 Å². The van der Waals surface area contributed by atoms with E-state index in [-0.39, 0.29) is 0 Å². The van der Waals surface area contributed by atoms with Gasteiger partial charge in [0.05, 0.1) is 0 Å². The highest BCUT2D eigenvalue weighted by molar-refractivity contribution is 6.75. The topological polar surface area (TPSA) is 9.23 Å². The third-order valence-electron chi connectivity index (χ3n) is 1.95. The van der Waals surface area contributed by atoms with Gasteiger partial charge in [0.25, 0.3) is 0 Å². The molecular formula is C9H10AlF5OSi. The summed E-state index contributed by atoms with van der Waals surface area (Å²) in [5.41, 5.74) is 0. The van der Waals surface area contributed by atoms with E-state index in [2.05, 4.69) is 0 Å². The SMILES string of the molecule is C[Si](C)(C)[O][AlH][c]1c(F)c(F)c(F)c(F)c1F. The first kappa shape index (κ1) is 14.6. The molecule has 0 bridgehead atoms. The van der Waals surface area contributed by atoms with Crippen LogP contribution in [-0.4, -0.2) is 23.9 Å². The quantitative estimate of drug-likeness (QED) is 0.358. The fourth-order valence-corrected chi connectivity index (χ4v) is 3.94. The second-order valence-corrected chi connectivity index (χ2v) is 10.8. The Morgan fingerprint density at radius 1 is 0.765 bits per heavy atom. The lowest BCUT2D eigenvalue weighted by Gasteiger charge is -2.18. The Morgan fingerprint density at radius 2 is 1.12 bits per heavy atom. The number of benzene rings is 1. The maximum atomic E-state index is 13.2. The molecule has 0 spiro atoms. The van der Waals surface area contributed by atoms with E-state index >= 15 is 0 Å². The summed E-state index contributed by atoms with van der Waals surface area (Å²) in [6, 6.07) is 0. The molecule has 0 unspecified atom stereocenters. The molecule has 1 aromatic carbocycles. The van der Waals surface area contributed by atoms with Crippen molar-refractivity contribution in [2.75, 3.05) is 0 Å². The Morgan fingerprint density at radius 3 is 1.47 bits per heavy atom. The van der Waals surface area contributed by atoms with Gasteiger partial charge < -0.3 is 3.48 Å². The van der Waals surface area contributed by atoms with Crippen LogP contribution < -0.4 is 4.43 Å². The van der Waals surface area contributed by atoms with Gasteiger partial charge in [0.15, 0.2) is 37.4 Å². The molecule has 0 amide bonds. The summed E-state index contributed by atoms with van der Waals surface area (Å²) in [5.74, 6) is -9.50. The fourth-order valence-electron chi connectivity index (χ4n) is 1.07. The maximum absolute atomic E-state index is 13.2. The highest BCUT2D eigenvalue weighted by Gasteiger charge is 2.28. The first-order valence-corrected chi connectivity index (χ1v) is 9.48. The molecule has 1 aromatic rings. The molecule has 8 heteroatoms. The summed E-state index contributed by atoms with van der Waals surface area (Å²) in [6.45, 7) is 5.31. The summed E-state index contributed by atoms with van der Waals surface area (Å²) in [7, 11) is -2.04. The summed E-state index contributed by atoms with van der Waals surface area (Å²) in [5, 5.41) is 0. The van der Waals surface area contributed by atoms with Gasteiger partial charge in [0, 0.05) is 0 Å². The molecule has 0 heterocycles. The number of rotatable bonds is 3. The molecule has 94 valence electrons. The van der Waals surface area contributed by atoms with Gasteiger partial charge in [0.1, 0.15) is 0 Å². The van der Waals surface area contributed by atoms with Gasteiger partial charge in [-0.15, -0.1) is 0 Å². The van der Waals surface area contributed by atoms with E-state index in [4.69, 9.17) is 3.48 Å². The third kappa shape index (κ3) is 3.28. The molecule has 0 aliphatic heterocycles. The second kappa shape index (κ2) is 5.06. The molecule has 0 saturated heterocycles. The van der Waals surface area contributed by atoms with E-state index in [1.165, 1.54) is 0 Å². The van der Waals surface area contributed by atoms with Gasteiger partial charge >= 0.3 is 15.6 Å². The third-order valence-corrected chi connectivity index (χ3v) is 6.90. The van der Waals surface area contributed by atoms with Crippen molar-refractivity contribution in [1.82, 2.24) is 0 Å². The Kier molecular flexibility index (Phi) is 4.36. The Balaban J connectivity index is 3.16. The van der Waals surface area contributed by atoms with E-state index in [1.807, 2.05) is 0 Å². The van der Waals surface area contributed by atoms with Crippen LogP contribution in [0.5, 0.6) is 0 Å². The van der Waals surface area contributed by atoms with Crippen molar-refractivity contribution in [1.29, 1.82) is 0 Å². The van der Waals surface area contributed by atoms with Crippen molar-refractivity contribution in [3.8, 4) is 0 Å². The maximum Gasteiger partial charge on any atom is 0.473 e. The van der Waals surface area contributed by atoms with Crippen LogP contribution in [0, 0.1) is 29.1 Å². The Bertz CT molecular complexity index is 417. The van der Waals surface area contributed by atoms with E-state index < -0.39 is 57.4 Å². The van der Waals surface area contributed by atoms with Crippen molar-refractivity contribution < 1.29 is 25.4 Å². The molecule has 0 radical (unpaired) electrons. The molecule has 1 rings (SSSR count). The lowest BCUT2D eigenvalue weighted by molar-refractivity contribution is 0.383. The van der Waals surface area contributed by atoms with E-state index in [1.54, 1.807) is 19.6 Å². The lowest BCUT2D eigenvalue weighted by atomic mass is 10.3. The highest BCUT2D eigenvalue weighted by atomic mass is 28.4. The van der Waals surface area contributed by atoms with E-state index in [0.29, 0.717) is 0 Å². The van der Waals surface area contributed by atoms with Crippen molar-refractivity contribution in [3.05, 3.63) is 29.1 Å². The summed E-state index contributed by atoms with van der Waals surface area (Å²) < 4.78 is 69.3. The first-order chi connectivity index (χ1) is 7.65. The van der Waals surface area contributed by atoms with Crippen LogP contribution in [0.15, 0.2) is 0 Å². The molecule has 0 saturated carbocycles. The predicted octanol–water partition coefficient (Wildman–Crippen LogP) is 2.21. The van der Waals surface area contributed by atoms with Crippen molar-refractivity contribution in [2.45, 2.75) is 19.6 Å². The standard InChI is InChI=1S/C6F5.C3H9OSi.Al.H/c7-2-1-3(8)5(10)6(11)4(2)9;1-5(2,3)4;;/h;1-3H3;;/q;-1;+1;. The fraction of sp³-hybridized carbons (Fsp3) is 0.333. The zero-order chi connectivity index (χ0) is 13.4. The largest absolute Gasteiger partial charge is 0.545 e. The van der Waals surface area contributed by atoms with Crippen LogP contribution in [0.2, 0.25) is 19.6 Å². The molecule has 17 heavy (non-hydrogen) atoms. The molecule has 1 nitrogen and oxygen atoms in total. The summed E-state index contributed by atoms with van der Waals surface area (Å²) in [4.78, 5) is 0. The Labute approximate surface area is 103 Å². The van der Waals surface area contributed by atoms with Crippen molar-refractivity contribution >= 4 is 28.3 Å². The average molecular weight is 284 g/mol. The van der Waals surface area contributed by atoms with Crippen LogP contribution in [-0.2, 0) is 3.48 Å². The van der Waals surface area contributed by atoms with Crippen LogP contribution in [0.4, 0.5) is 22.0 Å². The predicted molar refractivity (Wildman–Crippen MR) is 57.4 cm³/mol. The summed E-state index contributed by atoms with van der Waals surface area (Å²) >= 11 is -1.97. The van der Waals surface area contributed by atoms with Gasteiger partial charge in [-0.1, -0.05) is 0 Å². The number of hydrogen-bond donors (Lipinski definition) is 0. The molecule has 0 aromatic heterocycles. The zero-order valence-electron chi connectivity index (χ0n) is 9.51. The normalized spacial score (nSPS) is 11.8. The molecule has 0 N–H and O–H groups in total. The first-order valence-electron chi connectivity index (χ1n) is 4.79. The molecule has 0 atom stereocenters. The molecule has 0 fully saturated rings. The van der Waals surface area contributed by atoms with E-state index in [0.717, 1.165) is 0 Å². The number of hydrogen-bond acceptors (Lipinski definition) is 1. The summed E-state index contributed by atoms with van der Waals surface area (Å²) in [6.07, 6.45) is 0. The van der Waals surface area contributed by atoms with Gasteiger partial charge in [0.2, 0.25) is 0 Å². The zero-order valence-corrected chi connectivity index (χ0v) is 11.9. The van der Waals surface area contributed by atoms with Crippen LogP contribution >= 0.6 is 0 Å². The van der Waals surface area contributed by atoms with Crippen LogP contribution in [0.25, 0.3) is 0 Å². The van der Waals surface area contributed by atoms with Gasteiger partial charge in [-0.3, -0.25) is 0 Å². The monoisotopic (exact) mass is 284 g/mol. The van der Waals surface area contributed by atoms with E-state index in [9.17, 15) is 22.0 Å². The minimum absolute atomic E-state index is 0.788. The van der Waals surface area contributed by atoms with Crippen molar-refractivity contribution in [2.24, 2.45) is 0 Å². The van der Waals surface area contributed by atoms with Gasteiger partial charge in [-0.05, 0) is 24.1 Å². The minimum atomic E-state index is -2.13. The van der Waals surface area contributed by atoms with Crippen molar-refractivity contribution in [3.63, 3.8) is 0 Å². The Hall–Kier alpha value is -0.421. The highest BCUT2D eigenvalue weighted by Crippen LogP contribution is 2.16. The molecule has 0 aliphatic rings. The average Bonchev–Trinajstić information content (AvgIpc) is 2.22. The smallest absolute Gasteiger partial charge is 0.473 e. The number of halogens is 5. The second-order valence-electron chi connectivity index (χ2n) is 4.45. The lowest BCUT2D eigenvalue weighted by Crippen LogP contribution is -2.37. The minimum Gasteiger partial charge on any atom is -0.545 e. The molecular weight excluding hydrogens is 274 g/mol. The van der Waals surface area contributed by atoms with Gasteiger partial charge in [-0.2, -0.15) is 0 Å².